The van der Waals surface area contributed by atoms with Gasteiger partial charge in [-0.2, -0.15) is 0 Å². The van der Waals surface area contributed by atoms with Crippen molar-refractivity contribution in [3.8, 4) is 0 Å². The van der Waals surface area contributed by atoms with E-state index in [1.807, 2.05) is 0 Å². The topological polar surface area (TPSA) is 134 Å². The highest BCUT2D eigenvalue weighted by Gasteiger charge is 2.26. The fraction of sp³-hybridized carbons (Fsp3) is 0.792. The van der Waals surface area contributed by atoms with Crippen molar-refractivity contribution < 1.29 is 37.6 Å². The normalized spacial score (nSPS) is 13.7. The number of phosphoric ester groups is 1. The van der Waals surface area contributed by atoms with Crippen LogP contribution in [0.15, 0.2) is 48.6 Å². The van der Waals surface area contributed by atoms with Gasteiger partial charge in [-0.15, -0.1) is 0 Å². The average Bonchev–Trinajstić information content (AvgIpc) is 3.21. The Kier molecular flexibility index (Phi) is 43.0. The van der Waals surface area contributed by atoms with Crippen LogP contribution in [0.4, 0.5) is 0 Å². The van der Waals surface area contributed by atoms with E-state index in [4.69, 9.17) is 24.3 Å². The van der Waals surface area contributed by atoms with Crippen LogP contribution < -0.4 is 5.73 Å². The molecule has 338 valence electrons. The molecule has 0 fully saturated rings. The molecule has 2 unspecified atom stereocenters. The molecule has 2 atom stereocenters. The van der Waals surface area contributed by atoms with Gasteiger partial charge < -0.3 is 20.1 Å². The third-order valence-electron chi connectivity index (χ3n) is 9.98. The third kappa shape index (κ3) is 43.5. The maximum absolute atomic E-state index is 12.6. The lowest BCUT2D eigenvalue weighted by Gasteiger charge is -2.19. The summed E-state index contributed by atoms with van der Waals surface area (Å²) in [6, 6.07) is 0. The Morgan fingerprint density at radius 1 is 0.534 bits per heavy atom. The molecule has 0 aromatic heterocycles. The van der Waals surface area contributed by atoms with Gasteiger partial charge >= 0.3 is 19.8 Å². The number of esters is 2. The number of hydrogen-bond acceptors (Lipinski definition) is 8. The Bertz CT molecular complexity index is 1090. The molecule has 58 heavy (non-hydrogen) atoms. The first-order chi connectivity index (χ1) is 28.3. The molecular weight excluding hydrogens is 750 g/mol. The number of nitrogens with two attached hydrogens (primary N) is 1. The molecule has 0 aliphatic carbocycles. The minimum absolute atomic E-state index is 0.0460. The van der Waals surface area contributed by atoms with E-state index >= 15 is 0 Å². The van der Waals surface area contributed by atoms with Crippen LogP contribution in [0.1, 0.15) is 213 Å². The van der Waals surface area contributed by atoms with Crippen molar-refractivity contribution in [2.75, 3.05) is 26.4 Å². The number of phosphoric acid groups is 1. The van der Waals surface area contributed by atoms with Gasteiger partial charge in [-0.3, -0.25) is 18.6 Å². The van der Waals surface area contributed by atoms with Crippen molar-refractivity contribution in [2.45, 2.75) is 219 Å². The van der Waals surface area contributed by atoms with Crippen LogP contribution in [0.3, 0.4) is 0 Å². The van der Waals surface area contributed by atoms with E-state index in [2.05, 4.69) is 62.5 Å². The van der Waals surface area contributed by atoms with Crippen LogP contribution in [0.5, 0.6) is 0 Å². The Labute approximate surface area is 356 Å². The van der Waals surface area contributed by atoms with E-state index in [-0.39, 0.29) is 32.6 Å². The average molecular weight is 838 g/mol. The lowest BCUT2D eigenvalue weighted by Crippen LogP contribution is -2.29. The summed E-state index contributed by atoms with van der Waals surface area (Å²) in [5, 5.41) is 0. The number of rotatable bonds is 44. The highest BCUT2D eigenvalue weighted by Crippen LogP contribution is 2.43. The number of allylic oxidation sites excluding steroid dienone is 8. The van der Waals surface area contributed by atoms with Crippen LogP contribution in [0.2, 0.25) is 0 Å². The van der Waals surface area contributed by atoms with Crippen molar-refractivity contribution >= 4 is 19.8 Å². The number of hydrogen-bond donors (Lipinski definition) is 2. The van der Waals surface area contributed by atoms with Crippen LogP contribution >= 0.6 is 7.82 Å². The van der Waals surface area contributed by atoms with Crippen LogP contribution in [-0.4, -0.2) is 49.3 Å². The van der Waals surface area contributed by atoms with Crippen LogP contribution in [0.25, 0.3) is 0 Å². The van der Waals surface area contributed by atoms with Gasteiger partial charge in [-0.05, 0) is 51.4 Å². The minimum atomic E-state index is -4.39. The summed E-state index contributed by atoms with van der Waals surface area (Å²) in [7, 11) is -4.39. The fourth-order valence-electron chi connectivity index (χ4n) is 6.51. The molecule has 0 aromatic carbocycles. The first-order valence-electron chi connectivity index (χ1n) is 23.6. The van der Waals surface area contributed by atoms with E-state index in [0.29, 0.717) is 6.42 Å². The van der Waals surface area contributed by atoms with Gasteiger partial charge in [0.05, 0.1) is 13.2 Å². The summed E-state index contributed by atoms with van der Waals surface area (Å²) in [5.74, 6) is -0.872. The Hall–Kier alpha value is -2.03. The van der Waals surface area contributed by atoms with Gasteiger partial charge in [0.1, 0.15) is 6.61 Å². The van der Waals surface area contributed by atoms with Crippen molar-refractivity contribution in [3.05, 3.63) is 48.6 Å². The molecule has 0 saturated heterocycles. The molecule has 0 heterocycles. The summed E-state index contributed by atoms with van der Waals surface area (Å²) in [4.78, 5) is 34.9. The number of carbonyl (C=O) groups excluding carboxylic acids is 2. The lowest BCUT2D eigenvalue weighted by molar-refractivity contribution is -0.161. The molecule has 10 heteroatoms. The maximum atomic E-state index is 12.6. The summed E-state index contributed by atoms with van der Waals surface area (Å²) < 4.78 is 32.8. The van der Waals surface area contributed by atoms with Crippen molar-refractivity contribution in [2.24, 2.45) is 5.73 Å². The van der Waals surface area contributed by atoms with E-state index in [1.165, 1.54) is 122 Å². The molecule has 9 nitrogen and oxygen atoms in total. The summed E-state index contributed by atoms with van der Waals surface area (Å²) in [5.41, 5.74) is 5.35. The van der Waals surface area contributed by atoms with Crippen molar-refractivity contribution in [1.29, 1.82) is 0 Å². The van der Waals surface area contributed by atoms with E-state index in [1.54, 1.807) is 0 Å². The smallest absolute Gasteiger partial charge is 0.462 e. The molecule has 0 radical (unpaired) electrons. The van der Waals surface area contributed by atoms with E-state index < -0.39 is 32.5 Å². The summed E-state index contributed by atoms with van der Waals surface area (Å²) in [6.45, 7) is 3.59. The van der Waals surface area contributed by atoms with Gasteiger partial charge in [0.15, 0.2) is 6.10 Å². The first-order valence-corrected chi connectivity index (χ1v) is 25.1. The second-order valence-corrected chi connectivity index (χ2v) is 17.1. The van der Waals surface area contributed by atoms with E-state index in [0.717, 1.165) is 57.8 Å². The molecule has 0 aromatic rings. The molecular formula is C48H88NO8P. The highest BCUT2D eigenvalue weighted by atomic mass is 31.2. The molecule has 0 saturated carbocycles. The number of ether oxygens (including phenoxy) is 2. The van der Waals surface area contributed by atoms with Gasteiger partial charge in [0.25, 0.3) is 0 Å². The lowest BCUT2D eigenvalue weighted by atomic mass is 10.0. The highest BCUT2D eigenvalue weighted by molar-refractivity contribution is 7.47. The molecule has 0 aliphatic heterocycles. The van der Waals surface area contributed by atoms with Crippen molar-refractivity contribution in [3.63, 3.8) is 0 Å². The second-order valence-electron chi connectivity index (χ2n) is 15.6. The first kappa shape index (κ1) is 56.0. The molecule has 0 spiro atoms. The number of unbranched alkanes of at least 4 members (excludes halogenated alkanes) is 23. The standard InChI is InChI=1S/C48H88NO8P/c1-3-5-7-9-11-13-15-17-19-20-21-22-23-24-25-27-28-30-32-34-36-38-40-47(50)54-44-46(45-56-58(52,53)55-43-42-49)57-48(51)41-39-37-35-33-31-29-26-18-16-14-12-10-8-6-4-2/h6,8,12,14,18,26,31,33,46H,3-5,7,9-11,13,15-17,19-25,27-30,32,34-45,49H2,1-2H3,(H,52,53)/b8-6-,14-12-,26-18-,33-31-. The minimum Gasteiger partial charge on any atom is -0.462 e. The monoisotopic (exact) mass is 838 g/mol. The largest absolute Gasteiger partial charge is 0.472 e. The summed E-state index contributed by atoms with van der Waals surface area (Å²) in [6.07, 6.45) is 51.6. The fourth-order valence-corrected chi connectivity index (χ4v) is 7.27. The predicted octanol–water partition coefficient (Wildman–Crippen LogP) is 13.9. The van der Waals surface area contributed by atoms with Gasteiger partial charge in [0.2, 0.25) is 0 Å². The third-order valence-corrected chi connectivity index (χ3v) is 11.0. The Balaban J connectivity index is 4.08. The van der Waals surface area contributed by atoms with Gasteiger partial charge in [-0.25, -0.2) is 4.57 Å². The Morgan fingerprint density at radius 2 is 0.948 bits per heavy atom. The zero-order valence-electron chi connectivity index (χ0n) is 37.3. The molecule has 0 rings (SSSR count). The van der Waals surface area contributed by atoms with Crippen LogP contribution in [-0.2, 0) is 32.7 Å². The molecule has 0 bridgehead atoms. The number of carbonyl (C=O) groups is 2. The van der Waals surface area contributed by atoms with Gasteiger partial charge in [-0.1, -0.05) is 197 Å². The zero-order valence-corrected chi connectivity index (χ0v) is 38.2. The van der Waals surface area contributed by atoms with Crippen LogP contribution in [0, 0.1) is 0 Å². The quantitative estimate of drug-likeness (QED) is 0.0266. The predicted molar refractivity (Wildman–Crippen MR) is 243 cm³/mol. The molecule has 3 N–H and O–H groups in total. The Morgan fingerprint density at radius 3 is 1.41 bits per heavy atom. The molecule has 0 amide bonds. The second kappa shape index (κ2) is 44.5. The van der Waals surface area contributed by atoms with Gasteiger partial charge in [0, 0.05) is 19.4 Å². The SMILES string of the molecule is CC/C=C\C/C=C\C/C=C\C/C=C\CCCCC(=O)OC(COC(=O)CCCCCCCCCCCCCCCCCCCCCCCC)COP(=O)(O)OCCN. The summed E-state index contributed by atoms with van der Waals surface area (Å²) >= 11 is 0. The molecule has 0 aliphatic rings. The maximum Gasteiger partial charge on any atom is 0.472 e. The van der Waals surface area contributed by atoms with Crippen molar-refractivity contribution in [1.82, 2.24) is 0 Å². The van der Waals surface area contributed by atoms with E-state index in [9.17, 15) is 19.0 Å². The zero-order chi connectivity index (χ0) is 42.5.